The molecule has 0 fully saturated rings. The molecule has 0 spiro atoms. The maximum Gasteiger partial charge on any atom is 0.231 e. The lowest BCUT2D eigenvalue weighted by molar-refractivity contribution is 0.318. The van der Waals surface area contributed by atoms with Crippen molar-refractivity contribution in [2.75, 3.05) is 6.54 Å². The normalized spacial score (nSPS) is 16.8. The van der Waals surface area contributed by atoms with E-state index in [1.54, 1.807) is 0 Å². The molecule has 0 saturated carbocycles. The average molecular weight is 239 g/mol. The molecule has 0 amide bonds. The van der Waals surface area contributed by atoms with Gasteiger partial charge in [0, 0.05) is 12.0 Å². The molecule has 3 unspecified atom stereocenters. The van der Waals surface area contributed by atoms with Crippen LogP contribution in [0.5, 0.6) is 0 Å². The first kappa shape index (κ1) is 14.2. The zero-order valence-corrected chi connectivity index (χ0v) is 11.7. The van der Waals surface area contributed by atoms with E-state index in [9.17, 15) is 0 Å². The standard InChI is InChI=1S/C13H25N3O/c1-6-9(4)12-15-13(17-16-12)10(5)11(7-2)14-8-3/h9-11,14H,6-8H2,1-5H3. The topological polar surface area (TPSA) is 51.0 Å². The second-order valence-corrected chi connectivity index (χ2v) is 4.66. The third-order valence-corrected chi connectivity index (χ3v) is 3.41. The van der Waals surface area contributed by atoms with Crippen molar-refractivity contribution in [3.8, 4) is 0 Å². The number of nitrogens with one attached hydrogen (secondary N) is 1. The van der Waals surface area contributed by atoms with E-state index in [1.165, 1.54) is 0 Å². The van der Waals surface area contributed by atoms with Crippen molar-refractivity contribution in [1.82, 2.24) is 15.5 Å². The van der Waals surface area contributed by atoms with Crippen LogP contribution in [-0.4, -0.2) is 22.7 Å². The zero-order valence-electron chi connectivity index (χ0n) is 11.7. The van der Waals surface area contributed by atoms with Gasteiger partial charge in [-0.15, -0.1) is 0 Å². The summed E-state index contributed by atoms with van der Waals surface area (Å²) in [7, 11) is 0. The van der Waals surface area contributed by atoms with Crippen LogP contribution in [0.2, 0.25) is 0 Å². The van der Waals surface area contributed by atoms with Crippen LogP contribution in [0, 0.1) is 0 Å². The van der Waals surface area contributed by atoms with Crippen LogP contribution < -0.4 is 5.32 Å². The predicted molar refractivity (Wildman–Crippen MR) is 69.2 cm³/mol. The zero-order chi connectivity index (χ0) is 12.8. The summed E-state index contributed by atoms with van der Waals surface area (Å²) in [6.45, 7) is 11.7. The van der Waals surface area contributed by atoms with Crippen molar-refractivity contribution in [2.45, 2.75) is 65.3 Å². The van der Waals surface area contributed by atoms with Gasteiger partial charge in [-0.25, -0.2) is 0 Å². The lowest BCUT2D eigenvalue weighted by atomic mass is 9.99. The number of hydrogen-bond donors (Lipinski definition) is 1. The number of hydrogen-bond acceptors (Lipinski definition) is 4. The van der Waals surface area contributed by atoms with E-state index in [0.29, 0.717) is 12.0 Å². The fraction of sp³-hybridized carbons (Fsp3) is 0.846. The van der Waals surface area contributed by atoms with Gasteiger partial charge in [0.25, 0.3) is 0 Å². The third kappa shape index (κ3) is 3.53. The summed E-state index contributed by atoms with van der Waals surface area (Å²) in [4.78, 5) is 4.51. The van der Waals surface area contributed by atoms with Crippen molar-refractivity contribution in [3.05, 3.63) is 11.7 Å². The Morgan fingerprint density at radius 1 is 1.18 bits per heavy atom. The smallest absolute Gasteiger partial charge is 0.231 e. The number of aromatic nitrogens is 2. The fourth-order valence-electron chi connectivity index (χ4n) is 1.92. The molecule has 0 aliphatic heterocycles. The van der Waals surface area contributed by atoms with Gasteiger partial charge < -0.3 is 9.84 Å². The summed E-state index contributed by atoms with van der Waals surface area (Å²) in [5.41, 5.74) is 0. The highest BCUT2D eigenvalue weighted by molar-refractivity contribution is 5.00. The molecule has 4 heteroatoms. The van der Waals surface area contributed by atoms with Gasteiger partial charge in [0.05, 0.1) is 5.92 Å². The maximum absolute atomic E-state index is 5.38. The Morgan fingerprint density at radius 3 is 2.41 bits per heavy atom. The van der Waals surface area contributed by atoms with Gasteiger partial charge in [-0.3, -0.25) is 0 Å². The van der Waals surface area contributed by atoms with Gasteiger partial charge in [-0.1, -0.05) is 39.8 Å². The van der Waals surface area contributed by atoms with Gasteiger partial charge in [0.2, 0.25) is 5.89 Å². The largest absolute Gasteiger partial charge is 0.339 e. The first-order valence-corrected chi connectivity index (χ1v) is 6.70. The number of rotatable bonds is 7. The summed E-state index contributed by atoms with van der Waals surface area (Å²) < 4.78 is 5.38. The minimum Gasteiger partial charge on any atom is -0.339 e. The molecule has 0 aromatic carbocycles. The van der Waals surface area contributed by atoms with Gasteiger partial charge >= 0.3 is 0 Å². The minimum atomic E-state index is 0.269. The lowest BCUT2D eigenvalue weighted by Crippen LogP contribution is -2.33. The molecule has 0 radical (unpaired) electrons. The van der Waals surface area contributed by atoms with Gasteiger partial charge in [-0.05, 0) is 19.4 Å². The quantitative estimate of drug-likeness (QED) is 0.794. The first-order chi connectivity index (χ1) is 8.13. The van der Waals surface area contributed by atoms with E-state index in [1.807, 2.05) is 0 Å². The Morgan fingerprint density at radius 2 is 1.88 bits per heavy atom. The fourth-order valence-corrected chi connectivity index (χ4v) is 1.92. The molecular formula is C13H25N3O. The van der Waals surface area contributed by atoms with Crippen molar-refractivity contribution < 1.29 is 4.52 Å². The van der Waals surface area contributed by atoms with E-state index in [2.05, 4.69) is 50.1 Å². The average Bonchev–Trinajstić information content (AvgIpc) is 2.83. The molecule has 0 bridgehead atoms. The van der Waals surface area contributed by atoms with E-state index in [0.717, 1.165) is 31.1 Å². The van der Waals surface area contributed by atoms with Gasteiger partial charge in [-0.2, -0.15) is 4.98 Å². The molecule has 1 aromatic rings. The van der Waals surface area contributed by atoms with Crippen LogP contribution in [0.25, 0.3) is 0 Å². The Bertz CT molecular complexity index is 324. The Kier molecular flexibility index (Phi) is 5.62. The van der Waals surface area contributed by atoms with Crippen molar-refractivity contribution in [3.63, 3.8) is 0 Å². The van der Waals surface area contributed by atoms with Gasteiger partial charge in [0.15, 0.2) is 5.82 Å². The lowest BCUT2D eigenvalue weighted by Gasteiger charge is -2.20. The maximum atomic E-state index is 5.38. The predicted octanol–water partition coefficient (Wildman–Crippen LogP) is 3.07. The molecule has 17 heavy (non-hydrogen) atoms. The molecule has 0 aliphatic carbocycles. The van der Waals surface area contributed by atoms with E-state index in [-0.39, 0.29) is 5.92 Å². The summed E-state index contributed by atoms with van der Waals surface area (Å²) in [5.74, 6) is 2.23. The highest BCUT2D eigenvalue weighted by Gasteiger charge is 2.23. The van der Waals surface area contributed by atoms with Crippen LogP contribution in [0.1, 0.15) is 71.0 Å². The SMILES string of the molecule is CCNC(CC)C(C)c1nc(C(C)CC)no1. The summed E-state index contributed by atoms with van der Waals surface area (Å²) in [6, 6.07) is 0.408. The second kappa shape index (κ2) is 6.74. The molecule has 4 nitrogen and oxygen atoms in total. The molecular weight excluding hydrogens is 214 g/mol. The summed E-state index contributed by atoms with van der Waals surface area (Å²) in [5, 5.41) is 7.53. The van der Waals surface area contributed by atoms with Crippen molar-refractivity contribution in [1.29, 1.82) is 0 Å². The highest BCUT2D eigenvalue weighted by atomic mass is 16.5. The third-order valence-electron chi connectivity index (χ3n) is 3.41. The monoisotopic (exact) mass is 239 g/mol. The Hall–Kier alpha value is -0.900. The number of likely N-dealkylation sites (N-methyl/N-ethyl adjacent to an activating group) is 1. The van der Waals surface area contributed by atoms with Crippen LogP contribution in [0.4, 0.5) is 0 Å². The molecule has 3 atom stereocenters. The van der Waals surface area contributed by atoms with E-state index in [4.69, 9.17) is 4.52 Å². The highest BCUT2D eigenvalue weighted by Crippen LogP contribution is 2.22. The van der Waals surface area contributed by atoms with Crippen molar-refractivity contribution in [2.24, 2.45) is 0 Å². The molecule has 0 aliphatic rings. The molecule has 98 valence electrons. The second-order valence-electron chi connectivity index (χ2n) is 4.66. The van der Waals surface area contributed by atoms with E-state index >= 15 is 0 Å². The van der Waals surface area contributed by atoms with Crippen LogP contribution in [0.3, 0.4) is 0 Å². The first-order valence-electron chi connectivity index (χ1n) is 6.70. The molecule has 1 rings (SSSR count). The molecule has 0 saturated heterocycles. The number of nitrogens with zero attached hydrogens (tertiary/aromatic N) is 2. The molecule has 1 heterocycles. The summed E-state index contributed by atoms with van der Waals surface area (Å²) in [6.07, 6.45) is 2.10. The van der Waals surface area contributed by atoms with Crippen molar-refractivity contribution >= 4 is 0 Å². The summed E-state index contributed by atoms with van der Waals surface area (Å²) >= 11 is 0. The van der Waals surface area contributed by atoms with Crippen LogP contribution in [0.15, 0.2) is 4.52 Å². The van der Waals surface area contributed by atoms with Crippen LogP contribution in [-0.2, 0) is 0 Å². The van der Waals surface area contributed by atoms with Crippen LogP contribution >= 0.6 is 0 Å². The van der Waals surface area contributed by atoms with Gasteiger partial charge in [0.1, 0.15) is 0 Å². The molecule has 1 N–H and O–H groups in total. The Balaban J connectivity index is 2.74. The molecule has 1 aromatic heterocycles. The van der Waals surface area contributed by atoms with E-state index < -0.39 is 0 Å². The minimum absolute atomic E-state index is 0.269. The Labute approximate surface area is 104 Å².